The molecule has 0 unspecified atom stereocenters. The Morgan fingerprint density at radius 1 is 1.19 bits per heavy atom. The molecule has 2 aromatic heterocycles. The largest absolute Gasteiger partial charge is 0.459 e. The maximum absolute atomic E-state index is 12.6. The Hall–Kier alpha value is -2.42. The lowest BCUT2D eigenvalue weighted by Gasteiger charge is -2.11. The molecule has 0 atom stereocenters. The molecule has 0 aliphatic rings. The van der Waals surface area contributed by atoms with Gasteiger partial charge in [-0.1, -0.05) is 13.0 Å². The third kappa shape index (κ3) is 4.65. The molecular formula is C19H20N2O4S2. The number of nitrogens with one attached hydrogen (secondary N) is 2. The van der Waals surface area contributed by atoms with Gasteiger partial charge in [0, 0.05) is 12.1 Å². The fourth-order valence-electron chi connectivity index (χ4n) is 2.55. The Bertz CT molecular complexity index is 1040. The van der Waals surface area contributed by atoms with Crippen LogP contribution in [0.3, 0.4) is 0 Å². The van der Waals surface area contributed by atoms with Crippen molar-refractivity contribution in [3.8, 4) is 10.6 Å². The van der Waals surface area contributed by atoms with Gasteiger partial charge in [-0.15, -0.1) is 11.3 Å². The zero-order chi connectivity index (χ0) is 19.4. The van der Waals surface area contributed by atoms with Gasteiger partial charge in [-0.05, 0) is 54.3 Å². The number of carbonyl (C=O) groups excluding carboxylic acids is 1. The van der Waals surface area contributed by atoms with Gasteiger partial charge in [-0.2, -0.15) is 0 Å². The molecule has 3 aromatic rings. The monoisotopic (exact) mass is 404 g/mol. The van der Waals surface area contributed by atoms with Crippen molar-refractivity contribution >= 4 is 33.0 Å². The number of hydrogen-bond donors (Lipinski definition) is 2. The summed E-state index contributed by atoms with van der Waals surface area (Å²) >= 11 is 1.56. The minimum atomic E-state index is -3.70. The molecule has 0 saturated carbocycles. The van der Waals surface area contributed by atoms with Crippen LogP contribution in [0.15, 0.2) is 57.2 Å². The molecule has 3 rings (SSSR count). The molecule has 1 aromatic carbocycles. The SMILES string of the molecule is CCC(=O)Nc1ccc(S(=O)(=O)NCc2ccc(-c3cccs3)o2)c(C)c1. The van der Waals surface area contributed by atoms with E-state index in [1.54, 1.807) is 43.4 Å². The lowest BCUT2D eigenvalue weighted by atomic mass is 10.2. The summed E-state index contributed by atoms with van der Waals surface area (Å²) in [5, 5.41) is 4.67. The number of thiophene rings is 1. The standard InChI is InChI=1S/C19H20N2O4S2/c1-3-19(22)21-14-6-9-18(13(2)11-14)27(23,24)20-12-15-7-8-16(25-15)17-5-4-10-26-17/h4-11,20H,3,12H2,1-2H3,(H,21,22). The molecule has 8 heteroatoms. The van der Waals surface area contributed by atoms with Gasteiger partial charge in [0.2, 0.25) is 15.9 Å². The zero-order valence-corrected chi connectivity index (χ0v) is 16.6. The van der Waals surface area contributed by atoms with E-state index >= 15 is 0 Å². The van der Waals surface area contributed by atoms with E-state index in [1.807, 2.05) is 23.6 Å². The number of benzene rings is 1. The van der Waals surface area contributed by atoms with Crippen LogP contribution in [0.2, 0.25) is 0 Å². The van der Waals surface area contributed by atoms with Crippen molar-refractivity contribution in [2.75, 3.05) is 5.32 Å². The normalized spacial score (nSPS) is 11.5. The highest BCUT2D eigenvalue weighted by atomic mass is 32.2. The first-order valence-corrected chi connectivity index (χ1v) is 10.8. The number of anilines is 1. The molecule has 0 fully saturated rings. The molecule has 0 aliphatic carbocycles. The van der Waals surface area contributed by atoms with Gasteiger partial charge in [0.1, 0.15) is 11.5 Å². The van der Waals surface area contributed by atoms with Crippen molar-refractivity contribution < 1.29 is 17.6 Å². The minimum Gasteiger partial charge on any atom is -0.459 e. The summed E-state index contributed by atoms with van der Waals surface area (Å²) in [7, 11) is -3.70. The first-order valence-electron chi connectivity index (χ1n) is 8.42. The van der Waals surface area contributed by atoms with Crippen molar-refractivity contribution in [3.63, 3.8) is 0 Å². The number of furan rings is 1. The highest BCUT2D eigenvalue weighted by molar-refractivity contribution is 7.89. The number of aryl methyl sites for hydroxylation is 1. The predicted molar refractivity (Wildman–Crippen MR) is 106 cm³/mol. The Morgan fingerprint density at radius 3 is 2.67 bits per heavy atom. The summed E-state index contributed by atoms with van der Waals surface area (Å²) in [6.45, 7) is 3.50. The van der Waals surface area contributed by atoms with E-state index in [2.05, 4.69) is 10.0 Å². The average molecular weight is 405 g/mol. The maximum atomic E-state index is 12.6. The third-order valence-corrected chi connectivity index (χ3v) is 6.38. The third-order valence-electron chi connectivity index (χ3n) is 3.93. The lowest BCUT2D eigenvalue weighted by Crippen LogP contribution is -2.24. The Balaban J connectivity index is 1.70. The van der Waals surface area contributed by atoms with Gasteiger partial charge >= 0.3 is 0 Å². The number of carbonyl (C=O) groups is 1. The van der Waals surface area contributed by atoms with Gasteiger partial charge in [0.25, 0.3) is 0 Å². The highest BCUT2D eigenvalue weighted by Crippen LogP contribution is 2.27. The van der Waals surface area contributed by atoms with E-state index in [9.17, 15) is 13.2 Å². The summed E-state index contributed by atoms with van der Waals surface area (Å²) in [6.07, 6.45) is 0.358. The topological polar surface area (TPSA) is 88.4 Å². The van der Waals surface area contributed by atoms with Crippen LogP contribution in [0, 0.1) is 6.92 Å². The number of rotatable bonds is 7. The molecule has 0 saturated heterocycles. The smallest absolute Gasteiger partial charge is 0.241 e. The summed E-state index contributed by atoms with van der Waals surface area (Å²) in [4.78, 5) is 12.6. The molecular weight excluding hydrogens is 384 g/mol. The first-order chi connectivity index (χ1) is 12.9. The lowest BCUT2D eigenvalue weighted by molar-refractivity contribution is -0.115. The van der Waals surface area contributed by atoms with Crippen molar-refractivity contribution in [2.24, 2.45) is 0 Å². The summed E-state index contributed by atoms with van der Waals surface area (Å²) in [5.74, 6) is 1.13. The fourth-order valence-corrected chi connectivity index (χ4v) is 4.45. The molecule has 6 nitrogen and oxygen atoms in total. The van der Waals surface area contributed by atoms with Crippen LogP contribution in [0.1, 0.15) is 24.7 Å². The van der Waals surface area contributed by atoms with Crippen LogP contribution >= 0.6 is 11.3 Å². The second kappa shape index (κ2) is 8.08. The van der Waals surface area contributed by atoms with Gasteiger partial charge in [-0.25, -0.2) is 13.1 Å². The second-order valence-corrected chi connectivity index (χ2v) is 8.63. The Kier molecular flexibility index (Phi) is 5.79. The van der Waals surface area contributed by atoms with Gasteiger partial charge in [0.15, 0.2) is 0 Å². The van der Waals surface area contributed by atoms with E-state index in [1.165, 1.54) is 6.07 Å². The van der Waals surface area contributed by atoms with E-state index in [4.69, 9.17) is 4.42 Å². The number of amides is 1. The van der Waals surface area contributed by atoms with E-state index in [-0.39, 0.29) is 17.3 Å². The van der Waals surface area contributed by atoms with Gasteiger partial charge in [0.05, 0.1) is 16.3 Å². The van der Waals surface area contributed by atoms with Crippen LogP contribution < -0.4 is 10.0 Å². The van der Waals surface area contributed by atoms with E-state index in [0.29, 0.717) is 29.2 Å². The molecule has 27 heavy (non-hydrogen) atoms. The van der Waals surface area contributed by atoms with E-state index in [0.717, 1.165) is 4.88 Å². The van der Waals surface area contributed by atoms with Gasteiger partial charge in [-0.3, -0.25) is 4.79 Å². The molecule has 0 aliphatic heterocycles. The van der Waals surface area contributed by atoms with Crippen molar-refractivity contribution in [2.45, 2.75) is 31.7 Å². The molecule has 2 heterocycles. The molecule has 0 bridgehead atoms. The molecule has 142 valence electrons. The average Bonchev–Trinajstić information content (AvgIpc) is 3.31. The van der Waals surface area contributed by atoms with Crippen LogP contribution in [0.4, 0.5) is 5.69 Å². The predicted octanol–water partition coefficient (Wildman–Crippen LogP) is 4.14. The van der Waals surface area contributed by atoms with E-state index < -0.39 is 10.0 Å². The number of sulfonamides is 1. The Labute approximate surface area is 162 Å². The minimum absolute atomic E-state index is 0.0570. The summed E-state index contributed by atoms with van der Waals surface area (Å²) in [6, 6.07) is 12.2. The Morgan fingerprint density at radius 2 is 2.00 bits per heavy atom. The molecule has 0 radical (unpaired) electrons. The number of hydrogen-bond acceptors (Lipinski definition) is 5. The summed E-state index contributed by atoms with van der Waals surface area (Å²) in [5.41, 5.74) is 1.13. The van der Waals surface area contributed by atoms with Crippen molar-refractivity contribution in [3.05, 3.63) is 59.2 Å². The first kappa shape index (κ1) is 19.3. The highest BCUT2D eigenvalue weighted by Gasteiger charge is 2.18. The van der Waals surface area contributed by atoms with Crippen LogP contribution in [-0.2, 0) is 21.4 Å². The maximum Gasteiger partial charge on any atom is 0.241 e. The fraction of sp³-hybridized carbons (Fsp3) is 0.211. The second-order valence-electron chi connectivity index (χ2n) is 5.95. The quantitative estimate of drug-likeness (QED) is 0.619. The molecule has 0 spiro atoms. The van der Waals surface area contributed by atoms with Gasteiger partial charge < -0.3 is 9.73 Å². The van der Waals surface area contributed by atoms with Crippen LogP contribution in [0.25, 0.3) is 10.6 Å². The zero-order valence-electron chi connectivity index (χ0n) is 15.0. The van der Waals surface area contributed by atoms with Crippen LogP contribution in [0.5, 0.6) is 0 Å². The van der Waals surface area contributed by atoms with Crippen molar-refractivity contribution in [1.82, 2.24) is 4.72 Å². The van der Waals surface area contributed by atoms with Crippen LogP contribution in [-0.4, -0.2) is 14.3 Å². The summed E-state index contributed by atoms with van der Waals surface area (Å²) < 4.78 is 33.5. The molecule has 2 N–H and O–H groups in total. The molecule has 1 amide bonds. The van der Waals surface area contributed by atoms with Crippen molar-refractivity contribution in [1.29, 1.82) is 0 Å².